The van der Waals surface area contributed by atoms with Crippen LogP contribution in [0, 0.1) is 11.8 Å². The average Bonchev–Trinajstić information content (AvgIpc) is 3.50. The van der Waals surface area contributed by atoms with Gasteiger partial charge in [0.15, 0.2) is 5.78 Å². The van der Waals surface area contributed by atoms with Crippen LogP contribution in [0.4, 0.5) is 0 Å². The van der Waals surface area contributed by atoms with Gasteiger partial charge in [-0.3, -0.25) is 24.2 Å². The molecule has 0 radical (unpaired) electrons. The number of hydrogen-bond acceptors (Lipinski definition) is 6. The van der Waals surface area contributed by atoms with Crippen LogP contribution in [0.25, 0.3) is 0 Å². The van der Waals surface area contributed by atoms with Crippen LogP contribution in [0.5, 0.6) is 0 Å². The van der Waals surface area contributed by atoms with Gasteiger partial charge >= 0.3 is 0 Å². The number of Topliss-reactive ketones (excluding diaryl/α,β-unsaturated/α-hetero) is 1. The van der Waals surface area contributed by atoms with Crippen molar-refractivity contribution in [2.45, 2.75) is 63.5 Å². The quantitative estimate of drug-likeness (QED) is 0.597. The Bertz CT molecular complexity index is 974. The summed E-state index contributed by atoms with van der Waals surface area (Å²) in [6, 6.07) is 4.19. The van der Waals surface area contributed by atoms with E-state index >= 15 is 0 Å². The van der Waals surface area contributed by atoms with Gasteiger partial charge in [0.2, 0.25) is 11.8 Å². The lowest BCUT2D eigenvalue weighted by atomic mass is 9.81. The molecule has 5 rings (SSSR count). The van der Waals surface area contributed by atoms with Crippen LogP contribution in [-0.2, 0) is 19.1 Å². The average molecular weight is 497 g/mol. The summed E-state index contributed by atoms with van der Waals surface area (Å²) in [4.78, 5) is 62.5. The van der Waals surface area contributed by atoms with E-state index in [2.05, 4.69) is 4.98 Å². The van der Waals surface area contributed by atoms with E-state index in [0.717, 1.165) is 12.8 Å². The van der Waals surface area contributed by atoms with Crippen LogP contribution in [0.3, 0.4) is 0 Å². The molecule has 3 aliphatic heterocycles. The van der Waals surface area contributed by atoms with Gasteiger partial charge in [-0.1, -0.05) is 38.2 Å². The third-order valence-corrected chi connectivity index (χ3v) is 8.33. The Balaban J connectivity index is 1.31. The summed E-state index contributed by atoms with van der Waals surface area (Å²) in [6.07, 6.45) is 8.73. The molecule has 0 N–H and O–H groups in total. The van der Waals surface area contributed by atoms with Gasteiger partial charge in [-0.2, -0.15) is 0 Å². The Labute approximate surface area is 212 Å². The first-order valence-corrected chi connectivity index (χ1v) is 13.4. The normalized spacial score (nSPS) is 25.7. The van der Waals surface area contributed by atoms with E-state index in [0.29, 0.717) is 57.3 Å². The van der Waals surface area contributed by atoms with Gasteiger partial charge in [-0.25, -0.2) is 0 Å². The lowest BCUT2D eigenvalue weighted by Gasteiger charge is -2.33. The topological polar surface area (TPSA) is 100 Å². The third-order valence-electron chi connectivity index (χ3n) is 8.33. The molecule has 194 valence electrons. The molecular weight excluding hydrogens is 460 g/mol. The van der Waals surface area contributed by atoms with Crippen LogP contribution in [0.15, 0.2) is 24.4 Å². The zero-order valence-electron chi connectivity index (χ0n) is 20.8. The first-order chi connectivity index (χ1) is 17.5. The summed E-state index contributed by atoms with van der Waals surface area (Å²) in [6.45, 7) is 2.59. The highest BCUT2D eigenvalue weighted by Gasteiger charge is 2.52. The highest BCUT2D eigenvalue weighted by atomic mass is 16.5. The van der Waals surface area contributed by atoms with E-state index in [4.69, 9.17) is 4.74 Å². The highest BCUT2D eigenvalue weighted by molar-refractivity contribution is 6.02. The van der Waals surface area contributed by atoms with Crippen molar-refractivity contribution in [3.8, 4) is 0 Å². The fraction of sp³-hybridized carbons (Fsp3) is 0.667. The molecule has 9 heteroatoms. The van der Waals surface area contributed by atoms with Crippen molar-refractivity contribution in [1.29, 1.82) is 0 Å². The fourth-order valence-electron chi connectivity index (χ4n) is 6.46. The highest BCUT2D eigenvalue weighted by Crippen LogP contribution is 2.35. The first kappa shape index (κ1) is 24.9. The molecule has 3 saturated heterocycles. The molecule has 1 aromatic heterocycles. The number of morpholine rings is 1. The van der Waals surface area contributed by atoms with Crippen molar-refractivity contribution < 1.29 is 23.9 Å². The molecule has 0 spiro atoms. The maximum absolute atomic E-state index is 13.9. The molecule has 4 heterocycles. The summed E-state index contributed by atoms with van der Waals surface area (Å²) >= 11 is 0. The monoisotopic (exact) mass is 496 g/mol. The Morgan fingerprint density at radius 2 is 1.78 bits per heavy atom. The van der Waals surface area contributed by atoms with Crippen molar-refractivity contribution >= 4 is 23.5 Å². The second-order valence-electron chi connectivity index (χ2n) is 10.6. The minimum atomic E-state index is -0.627. The lowest BCUT2D eigenvalue weighted by molar-refractivity contribution is -0.145. The largest absolute Gasteiger partial charge is 0.378 e. The zero-order chi connectivity index (χ0) is 25.1. The van der Waals surface area contributed by atoms with Crippen molar-refractivity contribution in [2.24, 2.45) is 11.8 Å². The Kier molecular flexibility index (Phi) is 7.65. The third kappa shape index (κ3) is 5.16. The number of ketones is 1. The van der Waals surface area contributed by atoms with E-state index in [1.165, 1.54) is 19.3 Å². The molecule has 4 fully saturated rings. The number of amides is 3. The predicted molar refractivity (Wildman–Crippen MR) is 131 cm³/mol. The van der Waals surface area contributed by atoms with Gasteiger partial charge in [0.1, 0.15) is 11.7 Å². The first-order valence-electron chi connectivity index (χ1n) is 13.4. The molecule has 3 unspecified atom stereocenters. The maximum Gasteiger partial charge on any atom is 0.273 e. The summed E-state index contributed by atoms with van der Waals surface area (Å²) in [7, 11) is 0. The number of likely N-dealkylation sites (tertiary alicyclic amines) is 2. The molecule has 4 aliphatic rings. The molecule has 36 heavy (non-hydrogen) atoms. The molecule has 3 amide bonds. The van der Waals surface area contributed by atoms with Gasteiger partial charge < -0.3 is 19.4 Å². The zero-order valence-corrected chi connectivity index (χ0v) is 20.8. The summed E-state index contributed by atoms with van der Waals surface area (Å²) < 4.78 is 5.38. The number of aromatic nitrogens is 1. The minimum absolute atomic E-state index is 0.00544. The molecule has 0 bridgehead atoms. The van der Waals surface area contributed by atoms with Crippen molar-refractivity contribution in [3.05, 3.63) is 30.1 Å². The van der Waals surface area contributed by atoms with E-state index < -0.39 is 12.0 Å². The van der Waals surface area contributed by atoms with Gasteiger partial charge in [0.25, 0.3) is 5.91 Å². The standard InChI is InChI=1S/C27H36N4O5/c32-23-18-31(27(35)21-8-4-5-10-28-21)22-9-11-30(25(22)23)26(34)20(16-19-6-2-1-3-7-19)17-24(33)29-12-14-36-15-13-29/h4-5,8,10,19-20,22,25H,1-3,6-7,9,11-18H2. The number of hydrogen-bond donors (Lipinski definition) is 0. The van der Waals surface area contributed by atoms with Crippen LogP contribution in [0.2, 0.25) is 0 Å². The molecule has 1 aromatic rings. The van der Waals surface area contributed by atoms with Crippen molar-refractivity contribution in [3.63, 3.8) is 0 Å². The second-order valence-corrected chi connectivity index (χ2v) is 10.6. The predicted octanol–water partition coefficient (Wildman–Crippen LogP) is 1.91. The molecule has 1 aliphatic carbocycles. The Hall–Kier alpha value is -2.81. The summed E-state index contributed by atoms with van der Waals surface area (Å²) in [5.41, 5.74) is 0.307. The van der Waals surface area contributed by atoms with E-state index in [1.54, 1.807) is 39.1 Å². The summed E-state index contributed by atoms with van der Waals surface area (Å²) in [5, 5.41) is 0. The van der Waals surface area contributed by atoms with Gasteiger partial charge in [0, 0.05) is 38.2 Å². The molecule has 9 nitrogen and oxygen atoms in total. The SMILES string of the molecule is O=C1CN(C(=O)c2ccccn2)C2CCN(C(=O)C(CC(=O)N3CCOCC3)CC3CCCCC3)C12. The Morgan fingerprint density at radius 3 is 2.50 bits per heavy atom. The number of rotatable bonds is 6. The number of carbonyl (C=O) groups excluding carboxylic acids is 4. The molecular formula is C27H36N4O5. The van der Waals surface area contributed by atoms with E-state index in [1.807, 2.05) is 0 Å². The number of fused-ring (bicyclic) bond motifs is 1. The van der Waals surface area contributed by atoms with Gasteiger partial charge in [-0.15, -0.1) is 0 Å². The van der Waals surface area contributed by atoms with Crippen LogP contribution >= 0.6 is 0 Å². The Morgan fingerprint density at radius 1 is 1.00 bits per heavy atom. The second kappa shape index (κ2) is 11.1. The van der Waals surface area contributed by atoms with Crippen LogP contribution in [0.1, 0.15) is 61.9 Å². The maximum atomic E-state index is 13.9. The van der Waals surface area contributed by atoms with Crippen molar-refractivity contribution in [2.75, 3.05) is 39.4 Å². The number of nitrogens with zero attached hydrogens (tertiary/aromatic N) is 4. The number of carbonyl (C=O) groups is 4. The van der Waals surface area contributed by atoms with E-state index in [-0.39, 0.29) is 42.5 Å². The number of ether oxygens (including phenoxy) is 1. The smallest absolute Gasteiger partial charge is 0.273 e. The fourth-order valence-corrected chi connectivity index (χ4v) is 6.46. The van der Waals surface area contributed by atoms with Crippen LogP contribution in [-0.4, -0.2) is 94.7 Å². The van der Waals surface area contributed by atoms with Gasteiger partial charge in [-0.05, 0) is 30.9 Å². The molecule has 0 aromatic carbocycles. The van der Waals surface area contributed by atoms with Crippen molar-refractivity contribution in [1.82, 2.24) is 19.7 Å². The number of pyridine rings is 1. The minimum Gasteiger partial charge on any atom is -0.378 e. The van der Waals surface area contributed by atoms with Gasteiger partial charge in [0.05, 0.1) is 25.8 Å². The molecule has 1 saturated carbocycles. The van der Waals surface area contributed by atoms with E-state index in [9.17, 15) is 19.2 Å². The lowest BCUT2D eigenvalue weighted by Crippen LogP contribution is -2.48. The van der Waals surface area contributed by atoms with Crippen LogP contribution < -0.4 is 0 Å². The molecule has 3 atom stereocenters. The summed E-state index contributed by atoms with van der Waals surface area (Å²) in [5.74, 6) is -0.484.